The number of carbonyl (C=O) groups excluding carboxylic acids is 1. The van der Waals surface area contributed by atoms with E-state index in [1.54, 1.807) is 0 Å². The Morgan fingerprint density at radius 1 is 1.50 bits per heavy atom. The highest BCUT2D eigenvalue weighted by molar-refractivity contribution is 7.14. The van der Waals surface area contributed by atoms with Crippen molar-refractivity contribution in [2.45, 2.75) is 39.2 Å². The van der Waals surface area contributed by atoms with E-state index in [4.69, 9.17) is 5.11 Å². The Bertz CT molecular complexity index is 336. The SMILES string of the molecule is CCc1ccc(C(=O)NC(CC)CCO)s1. The Kier molecular flexibility index (Phi) is 5.49. The van der Waals surface area contributed by atoms with Gasteiger partial charge in [-0.2, -0.15) is 0 Å². The summed E-state index contributed by atoms with van der Waals surface area (Å²) >= 11 is 1.54. The summed E-state index contributed by atoms with van der Waals surface area (Å²) in [5, 5.41) is 11.8. The van der Waals surface area contributed by atoms with Gasteiger partial charge in [-0.15, -0.1) is 11.3 Å². The molecule has 90 valence electrons. The quantitative estimate of drug-likeness (QED) is 0.802. The molecule has 0 saturated carbocycles. The topological polar surface area (TPSA) is 49.3 Å². The molecule has 0 aromatic carbocycles. The second kappa shape index (κ2) is 6.66. The van der Waals surface area contributed by atoms with Gasteiger partial charge < -0.3 is 10.4 Å². The van der Waals surface area contributed by atoms with Crippen LogP contribution in [0.1, 0.15) is 41.2 Å². The van der Waals surface area contributed by atoms with E-state index in [1.165, 1.54) is 16.2 Å². The third-order valence-electron chi connectivity index (χ3n) is 2.54. The van der Waals surface area contributed by atoms with E-state index in [1.807, 2.05) is 19.1 Å². The molecule has 1 atom stereocenters. The highest BCUT2D eigenvalue weighted by atomic mass is 32.1. The molecule has 0 aliphatic heterocycles. The lowest BCUT2D eigenvalue weighted by Crippen LogP contribution is -2.34. The number of aryl methyl sites for hydroxylation is 1. The molecule has 16 heavy (non-hydrogen) atoms. The number of nitrogens with one attached hydrogen (secondary N) is 1. The number of aliphatic hydroxyl groups is 1. The lowest BCUT2D eigenvalue weighted by atomic mass is 10.1. The van der Waals surface area contributed by atoms with Gasteiger partial charge >= 0.3 is 0 Å². The molecule has 0 saturated heterocycles. The first-order chi connectivity index (χ1) is 7.71. The van der Waals surface area contributed by atoms with Crippen LogP contribution >= 0.6 is 11.3 Å². The summed E-state index contributed by atoms with van der Waals surface area (Å²) in [6.07, 6.45) is 2.43. The van der Waals surface area contributed by atoms with Gasteiger partial charge in [-0.05, 0) is 31.4 Å². The van der Waals surface area contributed by atoms with Gasteiger partial charge in [-0.3, -0.25) is 4.79 Å². The van der Waals surface area contributed by atoms with Crippen LogP contribution in [0.5, 0.6) is 0 Å². The fourth-order valence-corrected chi connectivity index (χ4v) is 2.33. The zero-order valence-corrected chi connectivity index (χ0v) is 10.6. The number of amides is 1. The predicted molar refractivity (Wildman–Crippen MR) is 66.9 cm³/mol. The Morgan fingerprint density at radius 3 is 2.75 bits per heavy atom. The van der Waals surface area contributed by atoms with Crippen molar-refractivity contribution in [3.8, 4) is 0 Å². The van der Waals surface area contributed by atoms with Crippen molar-refractivity contribution >= 4 is 17.2 Å². The van der Waals surface area contributed by atoms with E-state index >= 15 is 0 Å². The second-order valence-corrected chi connectivity index (χ2v) is 4.88. The Hall–Kier alpha value is -0.870. The molecular weight excluding hydrogens is 222 g/mol. The fraction of sp³-hybridized carbons (Fsp3) is 0.583. The first kappa shape index (κ1) is 13.2. The summed E-state index contributed by atoms with van der Waals surface area (Å²) in [6, 6.07) is 3.93. The molecule has 0 radical (unpaired) electrons. The molecule has 0 spiro atoms. The molecule has 1 rings (SSSR count). The molecule has 1 unspecified atom stereocenters. The number of hydrogen-bond acceptors (Lipinski definition) is 3. The number of aliphatic hydroxyl groups excluding tert-OH is 1. The van der Waals surface area contributed by atoms with E-state index < -0.39 is 0 Å². The normalized spacial score (nSPS) is 12.4. The standard InChI is InChI=1S/C12H19NO2S/c1-3-9(7-8-14)13-12(15)11-6-5-10(4-2)16-11/h5-6,9,14H,3-4,7-8H2,1-2H3,(H,13,15). The molecule has 3 nitrogen and oxygen atoms in total. The van der Waals surface area contributed by atoms with Gasteiger partial charge in [0.1, 0.15) is 0 Å². The van der Waals surface area contributed by atoms with Crippen LogP contribution in [0.15, 0.2) is 12.1 Å². The van der Waals surface area contributed by atoms with Gasteiger partial charge in [0.2, 0.25) is 0 Å². The highest BCUT2D eigenvalue weighted by Gasteiger charge is 2.13. The zero-order valence-electron chi connectivity index (χ0n) is 9.82. The van der Waals surface area contributed by atoms with Crippen molar-refractivity contribution in [1.82, 2.24) is 5.32 Å². The monoisotopic (exact) mass is 241 g/mol. The van der Waals surface area contributed by atoms with Crippen molar-refractivity contribution in [2.24, 2.45) is 0 Å². The number of carbonyl (C=O) groups is 1. The third-order valence-corrected chi connectivity index (χ3v) is 3.77. The first-order valence-electron chi connectivity index (χ1n) is 5.71. The highest BCUT2D eigenvalue weighted by Crippen LogP contribution is 2.17. The van der Waals surface area contributed by atoms with Crippen LogP contribution in [0.25, 0.3) is 0 Å². The summed E-state index contributed by atoms with van der Waals surface area (Å²) < 4.78 is 0. The van der Waals surface area contributed by atoms with Crippen LogP contribution in [0.3, 0.4) is 0 Å². The zero-order chi connectivity index (χ0) is 12.0. The molecule has 1 aromatic rings. The number of rotatable bonds is 6. The minimum atomic E-state index is -0.0231. The molecule has 0 bridgehead atoms. The maximum absolute atomic E-state index is 11.8. The Morgan fingerprint density at radius 2 is 2.25 bits per heavy atom. The van der Waals surface area contributed by atoms with Gasteiger partial charge in [0.25, 0.3) is 5.91 Å². The smallest absolute Gasteiger partial charge is 0.261 e. The molecule has 4 heteroatoms. The largest absolute Gasteiger partial charge is 0.396 e. The minimum Gasteiger partial charge on any atom is -0.396 e. The average Bonchev–Trinajstić information content (AvgIpc) is 2.76. The molecule has 0 aliphatic carbocycles. The summed E-state index contributed by atoms with van der Waals surface area (Å²) in [6.45, 7) is 4.20. The van der Waals surface area contributed by atoms with Crippen LogP contribution in [-0.2, 0) is 6.42 Å². The molecule has 2 N–H and O–H groups in total. The second-order valence-electron chi connectivity index (χ2n) is 3.71. The van der Waals surface area contributed by atoms with Gasteiger partial charge in [-0.1, -0.05) is 13.8 Å². The van der Waals surface area contributed by atoms with Crippen LogP contribution in [0, 0.1) is 0 Å². The Balaban J connectivity index is 2.56. The van der Waals surface area contributed by atoms with E-state index in [9.17, 15) is 4.79 Å². The van der Waals surface area contributed by atoms with E-state index in [-0.39, 0.29) is 18.6 Å². The third kappa shape index (κ3) is 3.61. The minimum absolute atomic E-state index is 0.0231. The summed E-state index contributed by atoms with van der Waals surface area (Å²) in [7, 11) is 0. The van der Waals surface area contributed by atoms with Gasteiger partial charge in [0, 0.05) is 17.5 Å². The first-order valence-corrected chi connectivity index (χ1v) is 6.53. The number of hydrogen-bond donors (Lipinski definition) is 2. The predicted octanol–water partition coefficient (Wildman–Crippen LogP) is 2.20. The van der Waals surface area contributed by atoms with Crippen LogP contribution in [0.2, 0.25) is 0 Å². The van der Waals surface area contributed by atoms with Crippen molar-refractivity contribution in [3.05, 3.63) is 21.9 Å². The van der Waals surface area contributed by atoms with E-state index in [0.717, 1.165) is 17.7 Å². The van der Waals surface area contributed by atoms with Crippen molar-refractivity contribution < 1.29 is 9.90 Å². The molecule has 0 aliphatic rings. The average molecular weight is 241 g/mol. The van der Waals surface area contributed by atoms with Crippen molar-refractivity contribution in [3.63, 3.8) is 0 Å². The van der Waals surface area contributed by atoms with Crippen molar-refractivity contribution in [2.75, 3.05) is 6.61 Å². The lowest BCUT2D eigenvalue weighted by molar-refractivity contribution is 0.0933. The fourth-order valence-electron chi connectivity index (χ4n) is 1.48. The van der Waals surface area contributed by atoms with Gasteiger partial charge in [0.05, 0.1) is 4.88 Å². The summed E-state index contributed by atoms with van der Waals surface area (Å²) in [4.78, 5) is 13.8. The van der Waals surface area contributed by atoms with Crippen LogP contribution in [-0.4, -0.2) is 23.7 Å². The molecule has 1 heterocycles. The maximum Gasteiger partial charge on any atom is 0.261 e. The van der Waals surface area contributed by atoms with Crippen LogP contribution < -0.4 is 5.32 Å². The molecule has 1 amide bonds. The molecule has 0 fully saturated rings. The lowest BCUT2D eigenvalue weighted by Gasteiger charge is -2.14. The molecular formula is C12H19NO2S. The maximum atomic E-state index is 11.8. The van der Waals surface area contributed by atoms with Gasteiger partial charge in [0.15, 0.2) is 0 Å². The van der Waals surface area contributed by atoms with Crippen LogP contribution in [0.4, 0.5) is 0 Å². The number of thiophene rings is 1. The Labute approximate surface area is 100 Å². The summed E-state index contributed by atoms with van der Waals surface area (Å²) in [5.74, 6) is -0.0231. The molecule has 1 aromatic heterocycles. The summed E-state index contributed by atoms with van der Waals surface area (Å²) in [5.41, 5.74) is 0. The van der Waals surface area contributed by atoms with Gasteiger partial charge in [-0.25, -0.2) is 0 Å². The van der Waals surface area contributed by atoms with E-state index in [0.29, 0.717) is 6.42 Å². The van der Waals surface area contributed by atoms with E-state index in [2.05, 4.69) is 12.2 Å². The van der Waals surface area contributed by atoms with Crippen molar-refractivity contribution in [1.29, 1.82) is 0 Å².